The van der Waals surface area contributed by atoms with Gasteiger partial charge in [0.2, 0.25) is 0 Å². The lowest BCUT2D eigenvalue weighted by molar-refractivity contribution is 0.177. The van der Waals surface area contributed by atoms with Gasteiger partial charge in [0.05, 0.1) is 6.10 Å². The van der Waals surface area contributed by atoms with E-state index in [9.17, 15) is 5.11 Å². The summed E-state index contributed by atoms with van der Waals surface area (Å²) in [6.07, 6.45) is 16.2. The first kappa shape index (κ1) is 23.5. The van der Waals surface area contributed by atoms with Crippen LogP contribution in [0.5, 0.6) is 0 Å². The summed E-state index contributed by atoms with van der Waals surface area (Å²) in [5.41, 5.74) is 5.14. The van der Waals surface area contributed by atoms with Gasteiger partial charge in [-0.2, -0.15) is 0 Å². The van der Waals surface area contributed by atoms with Crippen molar-refractivity contribution in [2.45, 2.75) is 72.3 Å². The zero-order valence-electron chi connectivity index (χ0n) is 19.2. The molecule has 0 bridgehead atoms. The highest BCUT2D eigenvalue weighted by atomic mass is 16.3. The van der Waals surface area contributed by atoms with Crippen LogP contribution < -0.4 is 4.90 Å². The highest BCUT2D eigenvalue weighted by Gasteiger charge is 2.17. The first-order valence-corrected chi connectivity index (χ1v) is 11.4. The van der Waals surface area contributed by atoms with E-state index < -0.39 is 0 Å². The Morgan fingerprint density at radius 3 is 2.52 bits per heavy atom. The molecule has 0 aromatic heterocycles. The van der Waals surface area contributed by atoms with Crippen LogP contribution >= 0.6 is 0 Å². The zero-order valence-corrected chi connectivity index (χ0v) is 19.2. The average molecular weight is 396 g/mol. The number of hydrogen-bond donors (Lipinski definition) is 1. The van der Waals surface area contributed by atoms with Crippen LogP contribution in [-0.4, -0.2) is 24.8 Å². The molecule has 29 heavy (non-hydrogen) atoms. The monoisotopic (exact) mass is 395 g/mol. The van der Waals surface area contributed by atoms with Crippen molar-refractivity contribution in [3.63, 3.8) is 0 Å². The van der Waals surface area contributed by atoms with E-state index in [1.807, 2.05) is 14.0 Å². The molecule has 0 aliphatic heterocycles. The predicted octanol–water partition coefficient (Wildman–Crippen LogP) is 7.02. The molecule has 3 atom stereocenters. The molecule has 0 heterocycles. The van der Waals surface area contributed by atoms with E-state index in [0.29, 0.717) is 6.54 Å². The second-order valence-corrected chi connectivity index (χ2v) is 8.83. The Kier molecular flexibility index (Phi) is 9.73. The summed E-state index contributed by atoms with van der Waals surface area (Å²) in [6.45, 7) is 9.46. The minimum absolute atomic E-state index is 0.279. The fraction of sp³-hybridized carbons (Fsp3) is 0.556. The van der Waals surface area contributed by atoms with Gasteiger partial charge >= 0.3 is 0 Å². The number of hydrogen-bond acceptors (Lipinski definition) is 2. The van der Waals surface area contributed by atoms with E-state index in [1.165, 1.54) is 48.8 Å². The molecular formula is C27H41NO. The van der Waals surface area contributed by atoms with Crippen molar-refractivity contribution in [3.05, 3.63) is 59.7 Å². The van der Waals surface area contributed by atoms with Crippen molar-refractivity contribution >= 4 is 11.3 Å². The molecule has 0 radical (unpaired) electrons. The van der Waals surface area contributed by atoms with Gasteiger partial charge in [0, 0.05) is 19.3 Å². The molecule has 2 nitrogen and oxygen atoms in total. The second-order valence-electron chi connectivity index (χ2n) is 8.83. The van der Waals surface area contributed by atoms with Crippen LogP contribution in [0.4, 0.5) is 5.69 Å². The summed E-state index contributed by atoms with van der Waals surface area (Å²) < 4.78 is 0. The van der Waals surface area contributed by atoms with Crippen molar-refractivity contribution < 1.29 is 5.11 Å². The predicted molar refractivity (Wildman–Crippen MR) is 128 cm³/mol. The Bertz CT molecular complexity index is 698. The summed E-state index contributed by atoms with van der Waals surface area (Å²) in [6, 6.07) is 8.68. The van der Waals surface area contributed by atoms with Crippen LogP contribution in [0.15, 0.2) is 54.1 Å². The number of anilines is 1. The van der Waals surface area contributed by atoms with E-state index in [-0.39, 0.29) is 6.10 Å². The largest absolute Gasteiger partial charge is 0.391 e. The molecule has 2 rings (SSSR count). The zero-order chi connectivity index (χ0) is 21.2. The smallest absolute Gasteiger partial charge is 0.0712 e. The summed E-state index contributed by atoms with van der Waals surface area (Å²) in [5.74, 6) is 1.63. The summed E-state index contributed by atoms with van der Waals surface area (Å²) in [5, 5.41) is 9.90. The maximum Gasteiger partial charge on any atom is 0.0712 e. The van der Waals surface area contributed by atoms with Crippen LogP contribution in [0.1, 0.15) is 71.8 Å². The Hall–Kier alpha value is -1.80. The van der Waals surface area contributed by atoms with Gasteiger partial charge < -0.3 is 10.0 Å². The molecule has 1 unspecified atom stereocenters. The van der Waals surface area contributed by atoms with E-state index in [2.05, 4.69) is 74.2 Å². The van der Waals surface area contributed by atoms with Gasteiger partial charge in [-0.05, 0) is 68.2 Å². The van der Waals surface area contributed by atoms with Gasteiger partial charge in [0.25, 0.3) is 0 Å². The highest BCUT2D eigenvalue weighted by molar-refractivity contribution is 5.76. The molecule has 1 aliphatic carbocycles. The van der Waals surface area contributed by atoms with Crippen molar-refractivity contribution in [2.24, 2.45) is 11.8 Å². The minimum Gasteiger partial charge on any atom is -0.391 e. The fourth-order valence-corrected chi connectivity index (χ4v) is 4.19. The summed E-state index contributed by atoms with van der Waals surface area (Å²) in [4.78, 5) is 2.12. The lowest BCUT2D eigenvalue weighted by atomic mass is 9.91. The van der Waals surface area contributed by atoms with E-state index >= 15 is 0 Å². The fourth-order valence-electron chi connectivity index (χ4n) is 4.19. The number of nitrogens with zero attached hydrogens (tertiary/aromatic N) is 1. The van der Waals surface area contributed by atoms with Crippen LogP contribution in [0, 0.1) is 11.8 Å². The number of allylic oxidation sites excluding steroid dienone is 6. The standard InChI is InChI=1S/C27H41NO/c1-6-9-24(15-13-22(4)23-11-8-10-21(3)12-14-23)25-16-18-26(19-17-25)28(5)20-27(29)7-2/h6,9,13,15-19,21,23,27,29H,7-8,10-12,14,20H2,1-5H3/b9-6-,22-13+,24-15+/t21-,23-,27?/m0/s1. The molecule has 1 N–H and O–H groups in total. The maximum atomic E-state index is 9.90. The first-order chi connectivity index (χ1) is 13.9. The molecule has 1 fully saturated rings. The van der Waals surface area contributed by atoms with Crippen molar-refractivity contribution in [2.75, 3.05) is 18.5 Å². The highest BCUT2D eigenvalue weighted by Crippen LogP contribution is 2.31. The number of likely N-dealkylation sites (N-methyl/N-ethyl adjacent to an activating group) is 1. The summed E-state index contributed by atoms with van der Waals surface area (Å²) >= 11 is 0. The van der Waals surface area contributed by atoms with Crippen LogP contribution in [-0.2, 0) is 0 Å². The molecule has 1 aliphatic rings. The lowest BCUT2D eigenvalue weighted by Gasteiger charge is -2.22. The molecule has 1 aromatic carbocycles. The molecule has 0 spiro atoms. The lowest BCUT2D eigenvalue weighted by Crippen LogP contribution is -2.28. The van der Waals surface area contributed by atoms with Gasteiger partial charge in [0.1, 0.15) is 0 Å². The minimum atomic E-state index is -0.279. The van der Waals surface area contributed by atoms with Gasteiger partial charge in [-0.25, -0.2) is 0 Å². The van der Waals surface area contributed by atoms with Crippen molar-refractivity contribution in [3.8, 4) is 0 Å². The van der Waals surface area contributed by atoms with Gasteiger partial charge in [0.15, 0.2) is 0 Å². The molecule has 0 saturated heterocycles. The average Bonchev–Trinajstić information content (AvgIpc) is 2.95. The van der Waals surface area contributed by atoms with Gasteiger partial charge in [-0.1, -0.05) is 75.1 Å². The Morgan fingerprint density at radius 2 is 1.86 bits per heavy atom. The van der Waals surface area contributed by atoms with Gasteiger partial charge in [-0.15, -0.1) is 0 Å². The Balaban J connectivity index is 2.13. The third kappa shape index (κ3) is 7.51. The molecule has 0 amide bonds. The molecule has 1 saturated carbocycles. The molecule has 1 aromatic rings. The third-order valence-electron chi connectivity index (χ3n) is 6.37. The van der Waals surface area contributed by atoms with E-state index in [1.54, 1.807) is 0 Å². The quantitative estimate of drug-likeness (QED) is 0.378. The molecule has 160 valence electrons. The van der Waals surface area contributed by atoms with Crippen LogP contribution in [0.2, 0.25) is 0 Å². The Labute approximate surface area is 179 Å². The van der Waals surface area contributed by atoms with Crippen molar-refractivity contribution in [1.29, 1.82) is 0 Å². The molecular weight excluding hydrogens is 354 g/mol. The number of aliphatic hydroxyl groups is 1. The second kappa shape index (κ2) is 12.0. The van der Waals surface area contributed by atoms with Crippen molar-refractivity contribution in [1.82, 2.24) is 0 Å². The van der Waals surface area contributed by atoms with E-state index in [4.69, 9.17) is 0 Å². The topological polar surface area (TPSA) is 23.5 Å². The van der Waals surface area contributed by atoms with Gasteiger partial charge in [-0.3, -0.25) is 0 Å². The summed E-state index contributed by atoms with van der Waals surface area (Å²) in [7, 11) is 2.04. The first-order valence-electron chi connectivity index (χ1n) is 11.4. The van der Waals surface area contributed by atoms with E-state index in [0.717, 1.165) is 23.9 Å². The SMILES string of the molecule is C\C=C/C(=C\C=C(/C)[C@H]1CCC[C@H](C)CC1)c1ccc(N(C)CC(O)CC)cc1. The Morgan fingerprint density at radius 1 is 1.14 bits per heavy atom. The normalized spacial score (nSPS) is 22.6. The molecule has 2 heteroatoms. The van der Waals surface area contributed by atoms with Crippen LogP contribution in [0.25, 0.3) is 5.57 Å². The van der Waals surface area contributed by atoms with Crippen LogP contribution in [0.3, 0.4) is 0 Å². The number of rotatable bonds is 8. The number of aliphatic hydroxyl groups excluding tert-OH is 1. The maximum absolute atomic E-state index is 9.90. The number of benzene rings is 1. The third-order valence-corrected chi connectivity index (χ3v) is 6.37.